The molecule has 0 aliphatic heterocycles. The second kappa shape index (κ2) is 5.91. The Labute approximate surface area is 116 Å². The molecule has 0 saturated heterocycles. The Morgan fingerprint density at radius 3 is 2.67 bits per heavy atom. The van der Waals surface area contributed by atoms with Gasteiger partial charge < -0.3 is 9.47 Å². The van der Waals surface area contributed by atoms with E-state index in [9.17, 15) is 0 Å². The quantitative estimate of drug-likeness (QED) is 0.836. The third kappa shape index (κ3) is 3.26. The first kappa shape index (κ1) is 13.0. The molecule has 2 rings (SSSR count). The third-order valence-electron chi connectivity index (χ3n) is 2.67. The summed E-state index contributed by atoms with van der Waals surface area (Å²) in [5.74, 6) is 1.75. The van der Waals surface area contributed by atoms with E-state index < -0.39 is 0 Å². The summed E-state index contributed by atoms with van der Waals surface area (Å²) in [5.41, 5.74) is 2.21. The van der Waals surface area contributed by atoms with E-state index in [2.05, 4.69) is 15.9 Å². The number of ether oxygens (including phenoxy) is 2. The Kier molecular flexibility index (Phi) is 4.26. The summed E-state index contributed by atoms with van der Waals surface area (Å²) in [5, 5.41) is 0. The van der Waals surface area contributed by atoms with Crippen LogP contribution in [0.2, 0.25) is 0 Å². The van der Waals surface area contributed by atoms with Gasteiger partial charge in [-0.15, -0.1) is 0 Å². The summed E-state index contributed by atoms with van der Waals surface area (Å²) in [6.07, 6.45) is 0. The minimum atomic E-state index is 0.541. The molecule has 0 fully saturated rings. The smallest absolute Gasteiger partial charge is 0.122 e. The van der Waals surface area contributed by atoms with E-state index in [1.165, 1.54) is 0 Å². The minimum Gasteiger partial charge on any atom is -0.497 e. The fourth-order valence-corrected chi connectivity index (χ4v) is 2.17. The van der Waals surface area contributed by atoms with Crippen molar-refractivity contribution in [3.05, 3.63) is 58.1 Å². The van der Waals surface area contributed by atoms with Crippen molar-refractivity contribution in [3.8, 4) is 11.5 Å². The highest BCUT2D eigenvalue weighted by Gasteiger charge is 2.01. The van der Waals surface area contributed by atoms with Crippen molar-refractivity contribution in [2.45, 2.75) is 13.5 Å². The van der Waals surface area contributed by atoms with E-state index in [4.69, 9.17) is 9.47 Å². The zero-order valence-corrected chi connectivity index (χ0v) is 12.0. The molecule has 0 aromatic heterocycles. The normalized spacial score (nSPS) is 10.2. The van der Waals surface area contributed by atoms with E-state index in [-0.39, 0.29) is 0 Å². The van der Waals surface area contributed by atoms with Gasteiger partial charge in [0.15, 0.2) is 0 Å². The topological polar surface area (TPSA) is 18.5 Å². The van der Waals surface area contributed by atoms with Gasteiger partial charge in [0.05, 0.1) is 7.11 Å². The van der Waals surface area contributed by atoms with Crippen molar-refractivity contribution < 1.29 is 9.47 Å². The number of hydrogen-bond acceptors (Lipinski definition) is 2. The second-order valence-electron chi connectivity index (χ2n) is 4.05. The fraction of sp³-hybridized carbons (Fsp3) is 0.200. The molecule has 0 unspecified atom stereocenters. The van der Waals surface area contributed by atoms with Crippen LogP contribution in [0.1, 0.15) is 11.1 Å². The molecule has 0 N–H and O–H groups in total. The van der Waals surface area contributed by atoms with Gasteiger partial charge in [0.1, 0.15) is 18.1 Å². The molecular formula is C15H15BrO2. The van der Waals surface area contributed by atoms with E-state index in [0.717, 1.165) is 27.1 Å². The largest absolute Gasteiger partial charge is 0.497 e. The summed E-state index contributed by atoms with van der Waals surface area (Å²) < 4.78 is 12.0. The average molecular weight is 307 g/mol. The molecule has 94 valence electrons. The molecule has 0 amide bonds. The van der Waals surface area contributed by atoms with Crippen molar-refractivity contribution in [1.82, 2.24) is 0 Å². The first-order valence-corrected chi connectivity index (χ1v) is 6.50. The number of aryl methyl sites for hydroxylation is 1. The Hall–Kier alpha value is -1.48. The van der Waals surface area contributed by atoms with Crippen molar-refractivity contribution >= 4 is 15.9 Å². The minimum absolute atomic E-state index is 0.541. The molecule has 0 aliphatic rings. The van der Waals surface area contributed by atoms with Gasteiger partial charge in [-0.2, -0.15) is 0 Å². The van der Waals surface area contributed by atoms with Crippen LogP contribution in [0.25, 0.3) is 0 Å². The molecule has 0 saturated carbocycles. The molecule has 3 heteroatoms. The highest BCUT2D eigenvalue weighted by atomic mass is 79.9. The molecule has 2 nitrogen and oxygen atoms in total. The van der Waals surface area contributed by atoms with E-state index >= 15 is 0 Å². The lowest BCUT2D eigenvalue weighted by molar-refractivity contribution is 0.303. The fourth-order valence-electron chi connectivity index (χ4n) is 1.70. The maximum atomic E-state index is 5.80. The van der Waals surface area contributed by atoms with E-state index in [0.29, 0.717) is 6.61 Å². The van der Waals surface area contributed by atoms with Crippen LogP contribution in [0, 0.1) is 6.92 Å². The lowest BCUT2D eigenvalue weighted by atomic mass is 10.2. The molecule has 0 aliphatic carbocycles. The molecule has 0 atom stereocenters. The summed E-state index contributed by atoms with van der Waals surface area (Å²) >= 11 is 3.44. The van der Waals surface area contributed by atoms with Gasteiger partial charge in [0, 0.05) is 4.47 Å². The molecule has 0 spiro atoms. The van der Waals surface area contributed by atoms with E-state index in [1.807, 2.05) is 49.4 Å². The van der Waals surface area contributed by atoms with Crippen LogP contribution >= 0.6 is 15.9 Å². The Morgan fingerprint density at radius 1 is 1.11 bits per heavy atom. The van der Waals surface area contributed by atoms with Crippen LogP contribution in [0.4, 0.5) is 0 Å². The van der Waals surface area contributed by atoms with Crippen LogP contribution in [0.5, 0.6) is 11.5 Å². The van der Waals surface area contributed by atoms with Crippen LogP contribution in [-0.2, 0) is 6.61 Å². The lowest BCUT2D eigenvalue weighted by Crippen LogP contribution is -1.97. The molecule has 2 aromatic carbocycles. The monoisotopic (exact) mass is 306 g/mol. The Balaban J connectivity index is 2.06. The van der Waals surface area contributed by atoms with Crippen LogP contribution in [-0.4, -0.2) is 7.11 Å². The molecule has 18 heavy (non-hydrogen) atoms. The van der Waals surface area contributed by atoms with E-state index in [1.54, 1.807) is 7.11 Å². The van der Waals surface area contributed by atoms with Gasteiger partial charge in [0.2, 0.25) is 0 Å². The molecule has 2 aromatic rings. The summed E-state index contributed by atoms with van der Waals surface area (Å²) in [7, 11) is 1.67. The van der Waals surface area contributed by atoms with Gasteiger partial charge in [-0.05, 0) is 48.4 Å². The van der Waals surface area contributed by atoms with Gasteiger partial charge >= 0.3 is 0 Å². The van der Waals surface area contributed by atoms with Crippen LogP contribution in [0.15, 0.2) is 46.9 Å². The van der Waals surface area contributed by atoms with Crippen molar-refractivity contribution in [3.63, 3.8) is 0 Å². The number of halogens is 1. The predicted octanol–water partition coefficient (Wildman–Crippen LogP) is 4.35. The highest BCUT2D eigenvalue weighted by Crippen LogP contribution is 2.23. The van der Waals surface area contributed by atoms with Gasteiger partial charge in [-0.1, -0.05) is 28.1 Å². The SMILES string of the molecule is COc1cccc(COc2ccc(Br)cc2C)c1. The zero-order valence-electron chi connectivity index (χ0n) is 10.4. The van der Waals surface area contributed by atoms with Crippen LogP contribution in [0.3, 0.4) is 0 Å². The highest BCUT2D eigenvalue weighted by molar-refractivity contribution is 9.10. The second-order valence-corrected chi connectivity index (χ2v) is 4.97. The molecule has 0 radical (unpaired) electrons. The summed E-state index contributed by atoms with van der Waals surface area (Å²) in [4.78, 5) is 0. The predicted molar refractivity (Wildman–Crippen MR) is 76.2 cm³/mol. The maximum absolute atomic E-state index is 5.80. The van der Waals surface area contributed by atoms with Crippen molar-refractivity contribution in [2.75, 3.05) is 7.11 Å². The van der Waals surface area contributed by atoms with Gasteiger partial charge in [-0.25, -0.2) is 0 Å². The Bertz CT molecular complexity index is 538. The average Bonchev–Trinajstić information content (AvgIpc) is 2.38. The lowest BCUT2D eigenvalue weighted by Gasteiger charge is -2.10. The standard InChI is InChI=1S/C15H15BrO2/c1-11-8-13(16)6-7-15(11)18-10-12-4-3-5-14(9-12)17-2/h3-9H,10H2,1-2H3. The first-order chi connectivity index (χ1) is 8.69. The summed E-state index contributed by atoms with van der Waals surface area (Å²) in [6, 6.07) is 13.9. The van der Waals surface area contributed by atoms with Crippen molar-refractivity contribution in [1.29, 1.82) is 0 Å². The third-order valence-corrected chi connectivity index (χ3v) is 3.16. The first-order valence-electron chi connectivity index (χ1n) is 5.71. The zero-order chi connectivity index (χ0) is 13.0. The molecule has 0 bridgehead atoms. The Morgan fingerprint density at radius 2 is 1.94 bits per heavy atom. The van der Waals surface area contributed by atoms with Gasteiger partial charge in [0.25, 0.3) is 0 Å². The van der Waals surface area contributed by atoms with Gasteiger partial charge in [-0.3, -0.25) is 0 Å². The maximum Gasteiger partial charge on any atom is 0.122 e. The number of rotatable bonds is 4. The number of methoxy groups -OCH3 is 1. The van der Waals surface area contributed by atoms with Crippen LogP contribution < -0.4 is 9.47 Å². The molecular weight excluding hydrogens is 292 g/mol. The summed E-state index contributed by atoms with van der Waals surface area (Å²) in [6.45, 7) is 2.57. The molecule has 0 heterocycles. The van der Waals surface area contributed by atoms with Crippen molar-refractivity contribution in [2.24, 2.45) is 0 Å². The number of benzene rings is 2. The number of hydrogen-bond donors (Lipinski definition) is 0.